The summed E-state index contributed by atoms with van der Waals surface area (Å²) in [4.78, 5) is 4.23. The number of hydrogen-bond donors (Lipinski definition) is 2. The van der Waals surface area contributed by atoms with Crippen LogP contribution in [-0.4, -0.2) is 19.6 Å². The van der Waals surface area contributed by atoms with Gasteiger partial charge in [0.1, 0.15) is 11.5 Å². The van der Waals surface area contributed by atoms with Crippen LogP contribution in [0.1, 0.15) is 24.2 Å². The lowest BCUT2D eigenvalue weighted by Crippen LogP contribution is -2.36. The average molecular weight is 441 g/mol. The molecule has 1 saturated carbocycles. The Morgan fingerprint density at radius 3 is 2.67 bits per heavy atom. The van der Waals surface area contributed by atoms with E-state index in [0.29, 0.717) is 13.1 Å². The van der Waals surface area contributed by atoms with Gasteiger partial charge in [-0.25, -0.2) is 0 Å². The summed E-state index contributed by atoms with van der Waals surface area (Å²) in [6.07, 6.45) is 4.26. The summed E-state index contributed by atoms with van der Waals surface area (Å²) in [6, 6.07) is 11.9. The second-order valence-electron chi connectivity index (χ2n) is 5.72. The van der Waals surface area contributed by atoms with Crippen molar-refractivity contribution in [3.63, 3.8) is 0 Å². The largest absolute Gasteiger partial charge is 0.493 e. The van der Waals surface area contributed by atoms with Gasteiger partial charge >= 0.3 is 0 Å². The van der Waals surface area contributed by atoms with E-state index in [2.05, 4.69) is 21.7 Å². The number of nitrogens with zero attached hydrogens (tertiary/aromatic N) is 1. The maximum absolute atomic E-state index is 5.93. The Morgan fingerprint density at radius 1 is 1.17 bits per heavy atom. The average Bonchev–Trinajstić information content (AvgIpc) is 3.27. The molecule has 1 heterocycles. The molecule has 24 heavy (non-hydrogen) atoms. The zero-order valence-electron chi connectivity index (χ0n) is 13.8. The number of rotatable bonds is 7. The number of furan rings is 1. The SMILES string of the molecule is CN=C(NCc1ccco1)NCc1ccccc1OCC1CC1.I. The van der Waals surface area contributed by atoms with Gasteiger partial charge in [0.25, 0.3) is 0 Å². The van der Waals surface area contributed by atoms with E-state index in [1.807, 2.05) is 30.3 Å². The molecule has 5 nitrogen and oxygen atoms in total. The number of hydrogen-bond acceptors (Lipinski definition) is 3. The molecule has 0 spiro atoms. The van der Waals surface area contributed by atoms with Crippen molar-refractivity contribution in [3.05, 3.63) is 54.0 Å². The van der Waals surface area contributed by atoms with Gasteiger partial charge in [0, 0.05) is 19.2 Å². The predicted octanol–water partition coefficient (Wildman–Crippen LogP) is 3.55. The van der Waals surface area contributed by atoms with E-state index < -0.39 is 0 Å². The second-order valence-corrected chi connectivity index (χ2v) is 5.72. The number of nitrogens with one attached hydrogen (secondary N) is 2. The quantitative estimate of drug-likeness (QED) is 0.392. The van der Waals surface area contributed by atoms with Gasteiger partial charge in [-0.15, -0.1) is 24.0 Å². The fraction of sp³-hybridized carbons (Fsp3) is 0.389. The Kier molecular flexibility index (Phi) is 7.42. The maximum Gasteiger partial charge on any atom is 0.191 e. The topological polar surface area (TPSA) is 58.8 Å². The normalized spacial score (nSPS) is 14.0. The highest BCUT2D eigenvalue weighted by Gasteiger charge is 2.22. The molecule has 1 aliphatic rings. The van der Waals surface area contributed by atoms with Crippen LogP contribution in [-0.2, 0) is 13.1 Å². The lowest BCUT2D eigenvalue weighted by molar-refractivity contribution is 0.296. The molecular weight excluding hydrogens is 417 g/mol. The maximum atomic E-state index is 5.93. The standard InChI is InChI=1S/C18H23N3O2.HI/c1-19-18(21-12-16-6-4-10-22-16)20-11-15-5-2-3-7-17(15)23-13-14-8-9-14;/h2-7,10,14H,8-9,11-13H2,1H3,(H2,19,20,21);1H. The summed E-state index contributed by atoms with van der Waals surface area (Å²) in [6.45, 7) is 2.09. The fourth-order valence-corrected chi connectivity index (χ4v) is 2.27. The van der Waals surface area contributed by atoms with Crippen molar-refractivity contribution < 1.29 is 9.15 Å². The van der Waals surface area contributed by atoms with Crippen LogP contribution in [0.2, 0.25) is 0 Å². The van der Waals surface area contributed by atoms with Crippen molar-refractivity contribution in [2.75, 3.05) is 13.7 Å². The van der Waals surface area contributed by atoms with Crippen molar-refractivity contribution in [2.24, 2.45) is 10.9 Å². The first-order valence-corrected chi connectivity index (χ1v) is 8.03. The fourth-order valence-electron chi connectivity index (χ4n) is 2.27. The first kappa shape index (κ1) is 18.6. The van der Waals surface area contributed by atoms with Crippen LogP contribution < -0.4 is 15.4 Å². The summed E-state index contributed by atoms with van der Waals surface area (Å²) >= 11 is 0. The minimum Gasteiger partial charge on any atom is -0.493 e. The predicted molar refractivity (Wildman–Crippen MR) is 106 cm³/mol. The first-order chi connectivity index (χ1) is 11.3. The third kappa shape index (κ3) is 5.74. The molecule has 0 saturated heterocycles. The summed E-state index contributed by atoms with van der Waals surface area (Å²) in [5.41, 5.74) is 1.13. The Hall–Kier alpha value is -1.70. The Labute approximate surface area is 159 Å². The van der Waals surface area contributed by atoms with E-state index in [1.165, 1.54) is 12.8 Å². The minimum absolute atomic E-state index is 0. The van der Waals surface area contributed by atoms with Crippen molar-refractivity contribution in [3.8, 4) is 5.75 Å². The molecule has 130 valence electrons. The molecule has 1 aromatic carbocycles. The molecule has 0 aliphatic heterocycles. The smallest absolute Gasteiger partial charge is 0.191 e. The Morgan fingerprint density at radius 2 is 1.96 bits per heavy atom. The number of guanidine groups is 1. The Bertz CT molecular complexity index is 639. The molecule has 0 amide bonds. The van der Waals surface area contributed by atoms with E-state index in [-0.39, 0.29) is 24.0 Å². The monoisotopic (exact) mass is 441 g/mol. The van der Waals surface area contributed by atoms with Crippen molar-refractivity contribution in [2.45, 2.75) is 25.9 Å². The third-order valence-corrected chi connectivity index (χ3v) is 3.82. The summed E-state index contributed by atoms with van der Waals surface area (Å²) in [5, 5.41) is 6.54. The van der Waals surface area contributed by atoms with Crippen molar-refractivity contribution >= 4 is 29.9 Å². The second kappa shape index (κ2) is 9.56. The van der Waals surface area contributed by atoms with Crippen LogP contribution >= 0.6 is 24.0 Å². The van der Waals surface area contributed by atoms with Crippen LogP contribution in [0, 0.1) is 5.92 Å². The van der Waals surface area contributed by atoms with Crippen LogP contribution in [0.5, 0.6) is 5.75 Å². The van der Waals surface area contributed by atoms with Gasteiger partial charge in [-0.3, -0.25) is 4.99 Å². The molecule has 0 atom stereocenters. The summed E-state index contributed by atoms with van der Waals surface area (Å²) < 4.78 is 11.2. The van der Waals surface area contributed by atoms with E-state index in [0.717, 1.165) is 35.6 Å². The molecule has 0 bridgehead atoms. The first-order valence-electron chi connectivity index (χ1n) is 8.03. The molecule has 1 aliphatic carbocycles. The Balaban J connectivity index is 0.00000208. The molecule has 0 radical (unpaired) electrons. The minimum atomic E-state index is 0. The van der Waals surface area contributed by atoms with Crippen LogP contribution in [0.3, 0.4) is 0 Å². The highest BCUT2D eigenvalue weighted by Crippen LogP contribution is 2.30. The van der Waals surface area contributed by atoms with Gasteiger partial charge in [-0.05, 0) is 37.0 Å². The lowest BCUT2D eigenvalue weighted by Gasteiger charge is -2.14. The molecule has 2 aromatic rings. The number of ether oxygens (including phenoxy) is 1. The highest BCUT2D eigenvalue weighted by molar-refractivity contribution is 14.0. The molecule has 6 heteroatoms. The van der Waals surface area contributed by atoms with Crippen LogP contribution in [0.4, 0.5) is 0 Å². The number of para-hydroxylation sites is 1. The van der Waals surface area contributed by atoms with Gasteiger partial charge in [0.2, 0.25) is 0 Å². The van der Waals surface area contributed by atoms with Crippen LogP contribution in [0.15, 0.2) is 52.1 Å². The van der Waals surface area contributed by atoms with Gasteiger partial charge in [0.15, 0.2) is 5.96 Å². The summed E-state index contributed by atoms with van der Waals surface area (Å²) in [5.74, 6) is 3.31. The molecule has 2 N–H and O–H groups in total. The molecule has 1 fully saturated rings. The third-order valence-electron chi connectivity index (χ3n) is 3.82. The summed E-state index contributed by atoms with van der Waals surface area (Å²) in [7, 11) is 1.76. The molecule has 1 aromatic heterocycles. The van der Waals surface area contributed by atoms with Gasteiger partial charge in [0.05, 0.1) is 19.4 Å². The van der Waals surface area contributed by atoms with E-state index in [9.17, 15) is 0 Å². The van der Waals surface area contributed by atoms with Crippen molar-refractivity contribution in [1.29, 1.82) is 0 Å². The van der Waals surface area contributed by atoms with Gasteiger partial charge < -0.3 is 19.8 Å². The van der Waals surface area contributed by atoms with Gasteiger partial charge in [-0.1, -0.05) is 18.2 Å². The number of halogens is 1. The van der Waals surface area contributed by atoms with Crippen LogP contribution in [0.25, 0.3) is 0 Å². The lowest BCUT2D eigenvalue weighted by atomic mass is 10.2. The molecular formula is C18H24IN3O2. The highest BCUT2D eigenvalue weighted by atomic mass is 127. The molecule has 0 unspecified atom stereocenters. The number of benzene rings is 1. The van der Waals surface area contributed by atoms with Crippen molar-refractivity contribution in [1.82, 2.24) is 10.6 Å². The van der Waals surface area contributed by atoms with E-state index in [1.54, 1.807) is 13.3 Å². The van der Waals surface area contributed by atoms with E-state index in [4.69, 9.17) is 9.15 Å². The van der Waals surface area contributed by atoms with Gasteiger partial charge in [-0.2, -0.15) is 0 Å². The number of aliphatic imine (C=N–C) groups is 1. The zero-order valence-corrected chi connectivity index (χ0v) is 16.2. The van der Waals surface area contributed by atoms with E-state index >= 15 is 0 Å². The zero-order chi connectivity index (χ0) is 15.9. The molecule has 3 rings (SSSR count).